The normalized spacial score (nSPS) is 13.5. The number of nitrogens with two attached hydrogens (primary N) is 1. The van der Waals surface area contributed by atoms with Gasteiger partial charge in [-0.2, -0.15) is 0 Å². The quantitative estimate of drug-likeness (QED) is 0.761. The SMILES string of the molecule is CCCc1ccc(C(N)C(CC)(CC)OCC)cc1. The van der Waals surface area contributed by atoms with Gasteiger partial charge in [-0.25, -0.2) is 0 Å². The molecule has 0 aliphatic heterocycles. The second kappa shape index (κ2) is 7.66. The van der Waals surface area contributed by atoms with E-state index in [1.807, 2.05) is 6.92 Å². The molecule has 0 aromatic heterocycles. The van der Waals surface area contributed by atoms with Crippen LogP contribution in [0.4, 0.5) is 0 Å². The number of hydrogen-bond donors (Lipinski definition) is 1. The van der Waals surface area contributed by atoms with Crippen LogP contribution in [0, 0.1) is 0 Å². The van der Waals surface area contributed by atoms with Crippen molar-refractivity contribution in [2.45, 2.75) is 65.0 Å². The van der Waals surface area contributed by atoms with Crippen molar-refractivity contribution in [3.05, 3.63) is 35.4 Å². The molecule has 19 heavy (non-hydrogen) atoms. The van der Waals surface area contributed by atoms with E-state index < -0.39 is 0 Å². The van der Waals surface area contributed by atoms with Gasteiger partial charge >= 0.3 is 0 Å². The molecule has 0 aliphatic rings. The molecule has 0 heterocycles. The Hall–Kier alpha value is -0.860. The van der Waals surface area contributed by atoms with Crippen molar-refractivity contribution in [3.63, 3.8) is 0 Å². The molecule has 0 aliphatic carbocycles. The first-order valence-corrected chi connectivity index (χ1v) is 7.61. The smallest absolute Gasteiger partial charge is 0.0868 e. The molecule has 2 nitrogen and oxygen atoms in total. The third-order valence-corrected chi connectivity index (χ3v) is 4.07. The maximum atomic E-state index is 6.48. The topological polar surface area (TPSA) is 35.2 Å². The van der Waals surface area contributed by atoms with Crippen molar-refractivity contribution < 1.29 is 4.74 Å². The number of aryl methyl sites for hydroxylation is 1. The lowest BCUT2D eigenvalue weighted by atomic mass is 9.84. The molecule has 2 heteroatoms. The van der Waals surface area contributed by atoms with E-state index in [2.05, 4.69) is 45.0 Å². The van der Waals surface area contributed by atoms with Gasteiger partial charge in [-0.15, -0.1) is 0 Å². The summed E-state index contributed by atoms with van der Waals surface area (Å²) in [6.07, 6.45) is 4.19. The lowest BCUT2D eigenvalue weighted by molar-refractivity contribution is -0.0645. The van der Waals surface area contributed by atoms with Crippen molar-refractivity contribution in [2.24, 2.45) is 5.73 Å². The van der Waals surface area contributed by atoms with Gasteiger partial charge in [0.1, 0.15) is 0 Å². The van der Waals surface area contributed by atoms with Gasteiger partial charge in [0.15, 0.2) is 0 Å². The zero-order valence-corrected chi connectivity index (χ0v) is 12.9. The van der Waals surface area contributed by atoms with Crippen LogP contribution in [0.5, 0.6) is 0 Å². The lowest BCUT2D eigenvalue weighted by Gasteiger charge is -2.37. The van der Waals surface area contributed by atoms with Gasteiger partial charge < -0.3 is 10.5 Å². The highest BCUT2D eigenvalue weighted by Gasteiger charge is 2.34. The van der Waals surface area contributed by atoms with Gasteiger partial charge in [0.25, 0.3) is 0 Å². The van der Waals surface area contributed by atoms with E-state index in [9.17, 15) is 0 Å². The van der Waals surface area contributed by atoms with Crippen molar-refractivity contribution in [1.29, 1.82) is 0 Å². The molecule has 0 saturated carbocycles. The van der Waals surface area contributed by atoms with Gasteiger partial charge in [0.05, 0.1) is 11.6 Å². The molecule has 0 radical (unpaired) electrons. The molecule has 2 N–H and O–H groups in total. The molecule has 0 amide bonds. The molecule has 1 atom stereocenters. The number of hydrogen-bond acceptors (Lipinski definition) is 2. The Morgan fingerprint density at radius 1 is 1.05 bits per heavy atom. The van der Waals surface area contributed by atoms with Crippen molar-refractivity contribution in [2.75, 3.05) is 6.61 Å². The first-order chi connectivity index (χ1) is 9.13. The van der Waals surface area contributed by atoms with Crippen molar-refractivity contribution >= 4 is 0 Å². The minimum Gasteiger partial charge on any atom is -0.373 e. The summed E-state index contributed by atoms with van der Waals surface area (Å²) < 4.78 is 6.00. The Labute approximate surface area is 118 Å². The Kier molecular flexibility index (Phi) is 6.53. The van der Waals surface area contributed by atoms with E-state index >= 15 is 0 Å². The maximum Gasteiger partial charge on any atom is 0.0868 e. The van der Waals surface area contributed by atoms with Gasteiger partial charge in [0.2, 0.25) is 0 Å². The molecule has 0 saturated heterocycles. The summed E-state index contributed by atoms with van der Waals surface area (Å²) in [6.45, 7) is 9.27. The molecule has 1 aromatic rings. The van der Waals surface area contributed by atoms with Gasteiger partial charge in [-0.05, 0) is 37.3 Å². The zero-order chi connectivity index (χ0) is 14.3. The first kappa shape index (κ1) is 16.2. The monoisotopic (exact) mass is 263 g/mol. The fourth-order valence-electron chi connectivity index (χ4n) is 2.76. The minimum absolute atomic E-state index is 0.0573. The van der Waals surface area contributed by atoms with Crippen molar-refractivity contribution in [1.82, 2.24) is 0 Å². The summed E-state index contributed by atoms with van der Waals surface area (Å²) in [5, 5.41) is 0. The second-order valence-corrected chi connectivity index (χ2v) is 5.17. The predicted octanol–water partition coefficient (Wildman–Crippen LogP) is 4.23. The summed E-state index contributed by atoms with van der Waals surface area (Å²) in [6, 6.07) is 8.66. The lowest BCUT2D eigenvalue weighted by Crippen LogP contribution is -2.43. The van der Waals surface area contributed by atoms with Gasteiger partial charge in [-0.1, -0.05) is 51.5 Å². The van der Waals surface area contributed by atoms with Gasteiger partial charge in [-0.3, -0.25) is 0 Å². The van der Waals surface area contributed by atoms with Crippen LogP contribution in [-0.2, 0) is 11.2 Å². The van der Waals surface area contributed by atoms with Gasteiger partial charge in [0, 0.05) is 6.61 Å². The molecule has 0 fully saturated rings. The Morgan fingerprint density at radius 2 is 1.63 bits per heavy atom. The fraction of sp³-hybridized carbons (Fsp3) is 0.647. The summed E-state index contributed by atoms with van der Waals surface area (Å²) in [4.78, 5) is 0. The fourth-order valence-corrected chi connectivity index (χ4v) is 2.76. The van der Waals surface area contributed by atoms with Crippen LogP contribution in [0.15, 0.2) is 24.3 Å². The number of ether oxygens (including phenoxy) is 1. The standard InChI is InChI=1S/C17H29NO/c1-5-9-14-10-12-15(13-11-14)16(18)17(6-2,7-3)19-8-4/h10-13,16H,5-9,18H2,1-4H3. The molecular formula is C17H29NO. The third-order valence-electron chi connectivity index (χ3n) is 4.07. The van der Waals surface area contributed by atoms with Crippen LogP contribution in [-0.4, -0.2) is 12.2 Å². The van der Waals surface area contributed by atoms with Crippen LogP contribution in [0.3, 0.4) is 0 Å². The van der Waals surface area contributed by atoms with E-state index in [-0.39, 0.29) is 11.6 Å². The predicted molar refractivity (Wildman–Crippen MR) is 82.3 cm³/mol. The highest BCUT2D eigenvalue weighted by Crippen LogP contribution is 2.33. The summed E-state index contributed by atoms with van der Waals surface area (Å²) >= 11 is 0. The molecule has 1 rings (SSSR count). The van der Waals surface area contributed by atoms with Crippen LogP contribution in [0.1, 0.15) is 64.1 Å². The summed E-state index contributed by atoms with van der Waals surface area (Å²) in [5.74, 6) is 0. The molecule has 108 valence electrons. The van der Waals surface area contributed by atoms with Crippen molar-refractivity contribution in [3.8, 4) is 0 Å². The highest BCUT2D eigenvalue weighted by molar-refractivity contribution is 5.27. The largest absolute Gasteiger partial charge is 0.373 e. The Balaban J connectivity index is 2.92. The van der Waals surface area contributed by atoms with Crippen LogP contribution >= 0.6 is 0 Å². The Morgan fingerprint density at radius 3 is 2.05 bits per heavy atom. The number of rotatable bonds is 8. The Bertz CT molecular complexity index is 354. The van der Waals surface area contributed by atoms with Crippen LogP contribution < -0.4 is 5.73 Å². The maximum absolute atomic E-state index is 6.48. The van der Waals surface area contributed by atoms with E-state index in [1.54, 1.807) is 0 Å². The van der Waals surface area contributed by atoms with Crippen LogP contribution in [0.2, 0.25) is 0 Å². The first-order valence-electron chi connectivity index (χ1n) is 7.61. The average molecular weight is 263 g/mol. The third kappa shape index (κ3) is 3.80. The van der Waals surface area contributed by atoms with E-state index in [0.717, 1.165) is 19.3 Å². The minimum atomic E-state index is -0.235. The highest BCUT2D eigenvalue weighted by atomic mass is 16.5. The van der Waals surface area contributed by atoms with E-state index in [1.165, 1.54) is 17.5 Å². The average Bonchev–Trinajstić information content (AvgIpc) is 2.45. The molecular weight excluding hydrogens is 234 g/mol. The number of benzene rings is 1. The zero-order valence-electron chi connectivity index (χ0n) is 12.9. The summed E-state index contributed by atoms with van der Waals surface area (Å²) in [5.41, 5.74) is 8.81. The van der Waals surface area contributed by atoms with E-state index in [4.69, 9.17) is 10.5 Å². The second-order valence-electron chi connectivity index (χ2n) is 5.17. The summed E-state index contributed by atoms with van der Waals surface area (Å²) in [7, 11) is 0. The molecule has 1 aromatic carbocycles. The molecule has 1 unspecified atom stereocenters. The molecule has 0 bridgehead atoms. The molecule has 0 spiro atoms. The van der Waals surface area contributed by atoms with E-state index in [0.29, 0.717) is 6.61 Å². The van der Waals surface area contributed by atoms with Crippen LogP contribution in [0.25, 0.3) is 0 Å².